The molecule has 0 aliphatic heterocycles. The lowest BCUT2D eigenvalue weighted by atomic mass is 10.1. The first-order valence-corrected chi connectivity index (χ1v) is 7.09. The van der Waals surface area contributed by atoms with E-state index in [-0.39, 0.29) is 0 Å². The molecule has 2 rings (SSSR count). The second kappa shape index (κ2) is 6.33. The number of aliphatic hydroxyl groups excluding tert-OH is 1. The largest absolute Gasteiger partial charge is 0.497 e. The van der Waals surface area contributed by atoms with E-state index in [4.69, 9.17) is 16.3 Å². The maximum absolute atomic E-state index is 9.54. The molecule has 19 heavy (non-hydrogen) atoms. The summed E-state index contributed by atoms with van der Waals surface area (Å²) in [5, 5.41) is 10.1. The van der Waals surface area contributed by atoms with Gasteiger partial charge in [-0.3, -0.25) is 0 Å². The Labute approximate surface area is 122 Å². The zero-order valence-electron chi connectivity index (χ0n) is 10.8. The summed E-state index contributed by atoms with van der Waals surface area (Å²) in [4.78, 5) is 2.15. The lowest BCUT2D eigenvalue weighted by Crippen LogP contribution is -1.91. The molecule has 100 valence electrons. The molecule has 0 bridgehead atoms. The second-order valence-corrected chi connectivity index (χ2v) is 5.69. The normalized spacial score (nSPS) is 12.2. The van der Waals surface area contributed by atoms with Gasteiger partial charge in [0, 0.05) is 14.8 Å². The fourth-order valence-electron chi connectivity index (χ4n) is 1.69. The fraction of sp³-hybridized carbons (Fsp3) is 0.200. The van der Waals surface area contributed by atoms with Gasteiger partial charge in [0.25, 0.3) is 0 Å². The van der Waals surface area contributed by atoms with Gasteiger partial charge in [-0.15, -0.1) is 0 Å². The van der Waals surface area contributed by atoms with E-state index in [9.17, 15) is 5.11 Å². The summed E-state index contributed by atoms with van der Waals surface area (Å²) >= 11 is 7.76. The van der Waals surface area contributed by atoms with E-state index in [1.165, 1.54) is 0 Å². The minimum absolute atomic E-state index is 0.549. The van der Waals surface area contributed by atoms with Crippen molar-refractivity contribution in [3.05, 3.63) is 53.1 Å². The Hall–Kier alpha value is -1.16. The maximum atomic E-state index is 9.54. The highest BCUT2D eigenvalue weighted by Crippen LogP contribution is 2.33. The van der Waals surface area contributed by atoms with E-state index in [2.05, 4.69) is 0 Å². The van der Waals surface area contributed by atoms with E-state index in [0.29, 0.717) is 5.02 Å². The summed E-state index contributed by atoms with van der Waals surface area (Å²) in [6.07, 6.45) is -0.549. The molecule has 1 atom stereocenters. The van der Waals surface area contributed by atoms with Gasteiger partial charge in [0.05, 0.1) is 13.2 Å². The summed E-state index contributed by atoms with van der Waals surface area (Å²) in [5.74, 6) is 0.840. The topological polar surface area (TPSA) is 29.5 Å². The SMILES string of the molecule is COc1ccc(Sc2ccc(C(C)O)c(Cl)c2)cc1. The maximum Gasteiger partial charge on any atom is 0.118 e. The van der Waals surface area contributed by atoms with Gasteiger partial charge in [-0.25, -0.2) is 0 Å². The van der Waals surface area contributed by atoms with Gasteiger partial charge in [0.2, 0.25) is 0 Å². The Kier molecular flexibility index (Phi) is 4.75. The van der Waals surface area contributed by atoms with Crippen LogP contribution < -0.4 is 4.74 Å². The van der Waals surface area contributed by atoms with Crippen LogP contribution in [-0.2, 0) is 0 Å². The molecule has 0 aliphatic rings. The zero-order valence-corrected chi connectivity index (χ0v) is 12.3. The average molecular weight is 295 g/mol. The zero-order chi connectivity index (χ0) is 13.8. The van der Waals surface area contributed by atoms with E-state index < -0.39 is 6.10 Å². The number of benzene rings is 2. The molecular formula is C15H15ClO2S. The molecule has 0 aromatic heterocycles. The molecule has 4 heteroatoms. The van der Waals surface area contributed by atoms with Gasteiger partial charge in [-0.2, -0.15) is 0 Å². The smallest absolute Gasteiger partial charge is 0.118 e. The van der Waals surface area contributed by atoms with Crippen LogP contribution in [0.4, 0.5) is 0 Å². The van der Waals surface area contributed by atoms with Crippen LogP contribution in [0.1, 0.15) is 18.6 Å². The summed E-state index contributed by atoms with van der Waals surface area (Å²) < 4.78 is 5.12. The van der Waals surface area contributed by atoms with Crippen LogP contribution in [0.2, 0.25) is 5.02 Å². The third kappa shape index (κ3) is 3.66. The van der Waals surface area contributed by atoms with Gasteiger partial charge in [0.15, 0.2) is 0 Å². The van der Waals surface area contributed by atoms with Crippen LogP contribution >= 0.6 is 23.4 Å². The van der Waals surface area contributed by atoms with Crippen molar-refractivity contribution in [1.82, 2.24) is 0 Å². The summed E-state index contributed by atoms with van der Waals surface area (Å²) in [5.41, 5.74) is 0.751. The van der Waals surface area contributed by atoms with E-state index in [0.717, 1.165) is 21.1 Å². The Morgan fingerprint density at radius 3 is 2.26 bits per heavy atom. The molecule has 0 spiro atoms. The number of aliphatic hydroxyl groups is 1. The van der Waals surface area contributed by atoms with Gasteiger partial charge >= 0.3 is 0 Å². The first-order chi connectivity index (χ1) is 9.10. The van der Waals surface area contributed by atoms with E-state index in [1.807, 2.05) is 42.5 Å². The Bertz CT molecular complexity index is 553. The van der Waals surface area contributed by atoms with Crippen molar-refractivity contribution in [3.8, 4) is 5.75 Å². The third-order valence-corrected chi connectivity index (χ3v) is 4.04. The monoisotopic (exact) mass is 294 g/mol. The van der Waals surface area contributed by atoms with Crippen LogP contribution in [0.25, 0.3) is 0 Å². The number of rotatable bonds is 4. The third-order valence-electron chi connectivity index (χ3n) is 2.72. The first kappa shape index (κ1) is 14.3. The van der Waals surface area contributed by atoms with Gasteiger partial charge in [-0.1, -0.05) is 29.4 Å². The Morgan fingerprint density at radius 1 is 1.11 bits per heavy atom. The van der Waals surface area contributed by atoms with Crippen LogP contribution in [0, 0.1) is 0 Å². The van der Waals surface area contributed by atoms with Crippen LogP contribution in [0.15, 0.2) is 52.3 Å². The quantitative estimate of drug-likeness (QED) is 0.897. The molecule has 0 amide bonds. The summed E-state index contributed by atoms with van der Waals surface area (Å²) in [6, 6.07) is 13.5. The minimum atomic E-state index is -0.549. The van der Waals surface area contributed by atoms with Crippen molar-refractivity contribution in [2.45, 2.75) is 22.8 Å². The predicted octanol–water partition coefficient (Wildman–Crippen LogP) is 4.55. The van der Waals surface area contributed by atoms with Crippen molar-refractivity contribution >= 4 is 23.4 Å². The van der Waals surface area contributed by atoms with Gasteiger partial charge < -0.3 is 9.84 Å². The Morgan fingerprint density at radius 2 is 1.74 bits per heavy atom. The molecule has 1 N–H and O–H groups in total. The Balaban J connectivity index is 2.16. The van der Waals surface area contributed by atoms with Crippen molar-refractivity contribution in [1.29, 1.82) is 0 Å². The highest BCUT2D eigenvalue weighted by Gasteiger charge is 2.07. The van der Waals surface area contributed by atoms with Gasteiger partial charge in [-0.05, 0) is 48.9 Å². The van der Waals surface area contributed by atoms with E-state index in [1.54, 1.807) is 25.8 Å². The molecule has 0 aliphatic carbocycles. The molecule has 2 aromatic carbocycles. The lowest BCUT2D eigenvalue weighted by molar-refractivity contribution is 0.199. The van der Waals surface area contributed by atoms with Crippen LogP contribution in [-0.4, -0.2) is 12.2 Å². The standard InChI is InChI=1S/C15H15ClO2S/c1-10(17)14-8-7-13(9-15(14)16)19-12-5-3-11(18-2)4-6-12/h3-10,17H,1-2H3. The molecule has 2 aromatic rings. The van der Waals surface area contributed by atoms with E-state index >= 15 is 0 Å². The highest BCUT2D eigenvalue weighted by molar-refractivity contribution is 7.99. The van der Waals surface area contributed by atoms with Gasteiger partial charge in [0.1, 0.15) is 5.75 Å². The summed E-state index contributed by atoms with van der Waals surface area (Å²) in [6.45, 7) is 1.71. The van der Waals surface area contributed by atoms with Crippen molar-refractivity contribution in [3.63, 3.8) is 0 Å². The molecule has 0 radical (unpaired) electrons. The molecule has 1 unspecified atom stereocenters. The number of hydrogen-bond donors (Lipinski definition) is 1. The lowest BCUT2D eigenvalue weighted by Gasteiger charge is -2.09. The molecule has 0 fully saturated rings. The van der Waals surface area contributed by atoms with Crippen molar-refractivity contribution in [2.24, 2.45) is 0 Å². The number of methoxy groups -OCH3 is 1. The first-order valence-electron chi connectivity index (χ1n) is 5.89. The van der Waals surface area contributed by atoms with Crippen molar-refractivity contribution in [2.75, 3.05) is 7.11 Å². The number of halogens is 1. The highest BCUT2D eigenvalue weighted by atomic mass is 35.5. The average Bonchev–Trinajstić information content (AvgIpc) is 2.39. The second-order valence-electron chi connectivity index (χ2n) is 4.14. The van der Waals surface area contributed by atoms with Crippen molar-refractivity contribution < 1.29 is 9.84 Å². The molecule has 0 saturated heterocycles. The molecule has 0 heterocycles. The fourth-order valence-corrected chi connectivity index (χ4v) is 2.95. The summed E-state index contributed by atoms with van der Waals surface area (Å²) in [7, 11) is 1.65. The predicted molar refractivity (Wildman–Crippen MR) is 79.2 cm³/mol. The number of hydrogen-bond acceptors (Lipinski definition) is 3. The minimum Gasteiger partial charge on any atom is -0.497 e. The molecule has 2 nitrogen and oxygen atoms in total. The number of ether oxygens (including phenoxy) is 1. The molecular weight excluding hydrogens is 280 g/mol. The molecule has 0 saturated carbocycles. The van der Waals surface area contributed by atoms with Crippen LogP contribution in [0.3, 0.4) is 0 Å². The van der Waals surface area contributed by atoms with Crippen LogP contribution in [0.5, 0.6) is 5.75 Å².